The van der Waals surface area contributed by atoms with Crippen molar-refractivity contribution in [2.24, 2.45) is 0 Å². The Hall–Kier alpha value is -2.13. The Labute approximate surface area is 143 Å². The first-order valence-electron chi connectivity index (χ1n) is 8.35. The lowest BCUT2D eigenvalue weighted by atomic mass is 9.84. The highest BCUT2D eigenvalue weighted by atomic mass is 16.6. The molecule has 0 bridgehead atoms. The van der Waals surface area contributed by atoms with Crippen LogP contribution in [-0.4, -0.2) is 25.1 Å². The zero-order valence-electron chi connectivity index (χ0n) is 14.8. The van der Waals surface area contributed by atoms with E-state index in [2.05, 4.69) is 20.8 Å². The standard InChI is InChI=1S/C21H24O3/c1-14-8-10-15(11-9-14)19(22)17-6-5-7-18(21(2,3)4)20(17)24-13-16-12-23-16/h5-11,16H,12-13H2,1-4H3. The summed E-state index contributed by atoms with van der Waals surface area (Å²) in [6.45, 7) is 9.62. The van der Waals surface area contributed by atoms with E-state index in [1.165, 1.54) is 0 Å². The fourth-order valence-electron chi connectivity index (χ4n) is 2.66. The maximum atomic E-state index is 13.0. The third kappa shape index (κ3) is 3.68. The van der Waals surface area contributed by atoms with E-state index in [4.69, 9.17) is 9.47 Å². The van der Waals surface area contributed by atoms with Crippen molar-refractivity contribution in [3.8, 4) is 5.75 Å². The summed E-state index contributed by atoms with van der Waals surface area (Å²) in [5.74, 6) is 0.680. The molecule has 126 valence electrons. The molecule has 1 aliphatic heterocycles. The molecule has 1 saturated heterocycles. The van der Waals surface area contributed by atoms with Gasteiger partial charge >= 0.3 is 0 Å². The van der Waals surface area contributed by atoms with Crippen LogP contribution >= 0.6 is 0 Å². The lowest BCUT2D eigenvalue weighted by Gasteiger charge is -2.24. The number of hydrogen-bond donors (Lipinski definition) is 0. The predicted octanol–water partition coefficient (Wildman–Crippen LogP) is 4.30. The molecule has 1 fully saturated rings. The van der Waals surface area contributed by atoms with Gasteiger partial charge in [-0.05, 0) is 18.4 Å². The smallest absolute Gasteiger partial charge is 0.196 e. The number of ether oxygens (including phenoxy) is 2. The normalized spacial score (nSPS) is 16.8. The molecule has 0 N–H and O–H groups in total. The Morgan fingerprint density at radius 3 is 2.42 bits per heavy atom. The minimum Gasteiger partial charge on any atom is -0.490 e. The average Bonchev–Trinajstić information content (AvgIpc) is 3.36. The van der Waals surface area contributed by atoms with Gasteiger partial charge in [0.05, 0.1) is 12.2 Å². The quantitative estimate of drug-likeness (QED) is 0.608. The number of hydrogen-bond acceptors (Lipinski definition) is 3. The van der Waals surface area contributed by atoms with Crippen LogP contribution in [0.5, 0.6) is 5.75 Å². The first kappa shape index (κ1) is 16.7. The zero-order chi connectivity index (χ0) is 17.3. The molecule has 2 aromatic carbocycles. The van der Waals surface area contributed by atoms with Gasteiger partial charge in [0.15, 0.2) is 5.78 Å². The molecule has 0 saturated carbocycles. The predicted molar refractivity (Wildman–Crippen MR) is 95.0 cm³/mol. The summed E-state index contributed by atoms with van der Waals surface area (Å²) in [7, 11) is 0. The molecule has 1 unspecified atom stereocenters. The third-order valence-electron chi connectivity index (χ3n) is 4.20. The van der Waals surface area contributed by atoms with E-state index in [-0.39, 0.29) is 17.3 Å². The van der Waals surface area contributed by atoms with Crippen molar-refractivity contribution in [1.82, 2.24) is 0 Å². The minimum absolute atomic E-state index is 0.00665. The minimum atomic E-state index is -0.108. The van der Waals surface area contributed by atoms with Crippen molar-refractivity contribution < 1.29 is 14.3 Å². The van der Waals surface area contributed by atoms with Gasteiger partial charge in [-0.3, -0.25) is 4.79 Å². The number of rotatable bonds is 5. The van der Waals surface area contributed by atoms with Gasteiger partial charge in [-0.1, -0.05) is 62.7 Å². The van der Waals surface area contributed by atoms with Crippen molar-refractivity contribution in [1.29, 1.82) is 0 Å². The van der Waals surface area contributed by atoms with E-state index in [0.29, 0.717) is 23.5 Å². The highest BCUT2D eigenvalue weighted by molar-refractivity contribution is 6.11. The van der Waals surface area contributed by atoms with E-state index in [1.54, 1.807) is 0 Å². The number of ketones is 1. The second kappa shape index (κ2) is 6.40. The van der Waals surface area contributed by atoms with Crippen molar-refractivity contribution in [2.75, 3.05) is 13.2 Å². The van der Waals surface area contributed by atoms with Crippen LogP contribution in [0.1, 0.15) is 47.8 Å². The lowest BCUT2D eigenvalue weighted by Crippen LogP contribution is -2.18. The van der Waals surface area contributed by atoms with Crippen molar-refractivity contribution >= 4 is 5.78 Å². The van der Waals surface area contributed by atoms with Crippen LogP contribution in [0.4, 0.5) is 0 Å². The molecular formula is C21H24O3. The number of epoxide rings is 1. The van der Waals surface area contributed by atoms with Gasteiger partial charge in [0.25, 0.3) is 0 Å². The number of carbonyl (C=O) groups is 1. The molecule has 3 nitrogen and oxygen atoms in total. The van der Waals surface area contributed by atoms with E-state index < -0.39 is 0 Å². The second-order valence-electron chi connectivity index (χ2n) is 7.39. The first-order valence-corrected chi connectivity index (χ1v) is 8.35. The molecule has 3 rings (SSSR count). The Morgan fingerprint density at radius 2 is 1.83 bits per heavy atom. The SMILES string of the molecule is Cc1ccc(C(=O)c2cccc(C(C)(C)C)c2OCC2CO2)cc1. The second-order valence-corrected chi connectivity index (χ2v) is 7.39. The number of para-hydroxylation sites is 1. The number of aryl methyl sites for hydroxylation is 1. The summed E-state index contributed by atoms with van der Waals surface area (Å²) in [6, 6.07) is 13.5. The fourth-order valence-corrected chi connectivity index (χ4v) is 2.66. The molecule has 2 aromatic rings. The van der Waals surface area contributed by atoms with Gasteiger partial charge in [0.2, 0.25) is 0 Å². The lowest BCUT2D eigenvalue weighted by molar-refractivity contribution is 0.103. The molecule has 1 aliphatic rings. The van der Waals surface area contributed by atoms with Gasteiger partial charge in [-0.2, -0.15) is 0 Å². The Morgan fingerprint density at radius 1 is 1.17 bits per heavy atom. The maximum absolute atomic E-state index is 13.0. The molecular weight excluding hydrogens is 300 g/mol. The largest absolute Gasteiger partial charge is 0.490 e. The topological polar surface area (TPSA) is 38.8 Å². The van der Waals surface area contributed by atoms with Crippen LogP contribution in [0.15, 0.2) is 42.5 Å². The Bertz CT molecular complexity index is 735. The molecule has 1 heterocycles. The van der Waals surface area contributed by atoms with E-state index in [9.17, 15) is 4.79 Å². The monoisotopic (exact) mass is 324 g/mol. The zero-order valence-corrected chi connectivity index (χ0v) is 14.8. The van der Waals surface area contributed by atoms with Crippen molar-refractivity contribution in [3.05, 3.63) is 64.7 Å². The number of carbonyl (C=O) groups excluding carboxylic acids is 1. The van der Waals surface area contributed by atoms with Gasteiger partial charge in [-0.25, -0.2) is 0 Å². The van der Waals surface area contributed by atoms with Gasteiger partial charge in [-0.15, -0.1) is 0 Å². The van der Waals surface area contributed by atoms with E-state index in [0.717, 1.165) is 17.7 Å². The molecule has 0 amide bonds. The van der Waals surface area contributed by atoms with Crippen LogP contribution in [0.25, 0.3) is 0 Å². The van der Waals surface area contributed by atoms with Crippen LogP contribution < -0.4 is 4.74 Å². The summed E-state index contributed by atoms with van der Waals surface area (Å²) in [4.78, 5) is 13.0. The molecule has 24 heavy (non-hydrogen) atoms. The first-order chi connectivity index (χ1) is 11.4. The highest BCUT2D eigenvalue weighted by Crippen LogP contribution is 2.35. The average molecular weight is 324 g/mol. The third-order valence-corrected chi connectivity index (χ3v) is 4.20. The molecule has 0 aromatic heterocycles. The van der Waals surface area contributed by atoms with Gasteiger partial charge in [0, 0.05) is 11.1 Å². The van der Waals surface area contributed by atoms with Crippen LogP contribution in [-0.2, 0) is 10.2 Å². The Kier molecular flexibility index (Phi) is 4.46. The van der Waals surface area contributed by atoms with Crippen LogP contribution in [0, 0.1) is 6.92 Å². The summed E-state index contributed by atoms with van der Waals surface area (Å²) in [5.41, 5.74) is 3.37. The fraction of sp³-hybridized carbons (Fsp3) is 0.381. The van der Waals surface area contributed by atoms with E-state index >= 15 is 0 Å². The maximum Gasteiger partial charge on any atom is 0.196 e. The van der Waals surface area contributed by atoms with Crippen molar-refractivity contribution in [3.63, 3.8) is 0 Å². The summed E-state index contributed by atoms with van der Waals surface area (Å²) < 4.78 is 11.3. The van der Waals surface area contributed by atoms with Crippen LogP contribution in [0.3, 0.4) is 0 Å². The molecule has 0 aliphatic carbocycles. The summed E-state index contributed by atoms with van der Waals surface area (Å²) in [5, 5.41) is 0. The van der Waals surface area contributed by atoms with Crippen LogP contribution in [0.2, 0.25) is 0 Å². The highest BCUT2D eigenvalue weighted by Gasteiger charge is 2.28. The van der Waals surface area contributed by atoms with Crippen molar-refractivity contribution in [2.45, 2.75) is 39.2 Å². The Balaban J connectivity index is 2.01. The summed E-state index contributed by atoms with van der Waals surface area (Å²) in [6.07, 6.45) is 0.153. The molecule has 3 heteroatoms. The molecule has 0 spiro atoms. The van der Waals surface area contributed by atoms with E-state index in [1.807, 2.05) is 49.4 Å². The molecule has 0 radical (unpaired) electrons. The summed E-state index contributed by atoms with van der Waals surface area (Å²) >= 11 is 0. The molecule has 1 atom stereocenters. The number of benzene rings is 2. The van der Waals surface area contributed by atoms with Gasteiger partial charge in [0.1, 0.15) is 18.5 Å². The van der Waals surface area contributed by atoms with Gasteiger partial charge < -0.3 is 9.47 Å².